The van der Waals surface area contributed by atoms with Crippen LogP contribution >= 0.6 is 0 Å². The summed E-state index contributed by atoms with van der Waals surface area (Å²) in [5, 5.41) is 3.50. The maximum atomic E-state index is 11.5. The van der Waals surface area contributed by atoms with Gasteiger partial charge in [0.1, 0.15) is 11.6 Å². The van der Waals surface area contributed by atoms with Crippen molar-refractivity contribution in [1.29, 1.82) is 0 Å². The number of likely N-dealkylation sites (tertiary alicyclic amines) is 1. The van der Waals surface area contributed by atoms with Gasteiger partial charge in [0.2, 0.25) is 5.91 Å². The normalized spacial score (nSPS) is 21.4. The van der Waals surface area contributed by atoms with Crippen molar-refractivity contribution in [1.82, 2.24) is 25.1 Å². The van der Waals surface area contributed by atoms with Gasteiger partial charge in [-0.15, -0.1) is 0 Å². The Labute approximate surface area is 156 Å². The fraction of sp³-hybridized carbons (Fsp3) is 0.737. The van der Waals surface area contributed by atoms with Crippen LogP contribution in [0.4, 0.5) is 5.82 Å². The third-order valence-electron chi connectivity index (χ3n) is 5.56. The first-order valence-electron chi connectivity index (χ1n) is 9.68. The van der Waals surface area contributed by atoms with E-state index in [9.17, 15) is 4.79 Å². The van der Waals surface area contributed by atoms with Gasteiger partial charge in [-0.25, -0.2) is 9.97 Å². The lowest BCUT2D eigenvalue weighted by Crippen LogP contribution is -2.44. The number of carbonyl (C=O) groups excluding carboxylic acids is 1. The lowest BCUT2D eigenvalue weighted by atomic mass is 10.0. The number of carbonyl (C=O) groups is 1. The van der Waals surface area contributed by atoms with Crippen LogP contribution in [0.5, 0.6) is 0 Å². The highest BCUT2D eigenvalue weighted by Gasteiger charge is 2.25. The lowest BCUT2D eigenvalue weighted by Gasteiger charge is -2.36. The van der Waals surface area contributed by atoms with Crippen molar-refractivity contribution in [2.45, 2.75) is 51.2 Å². The Morgan fingerprint density at radius 3 is 2.54 bits per heavy atom. The van der Waals surface area contributed by atoms with Crippen LogP contribution in [0.1, 0.15) is 50.2 Å². The number of hydrogen-bond acceptors (Lipinski definition) is 6. The topological polar surface area (TPSA) is 64.6 Å². The number of nitrogens with zero attached hydrogens (tertiary/aromatic N) is 5. The van der Waals surface area contributed by atoms with Crippen molar-refractivity contribution in [3.63, 3.8) is 0 Å². The minimum Gasteiger partial charge on any atom is -0.363 e. The van der Waals surface area contributed by atoms with E-state index in [0.29, 0.717) is 6.04 Å². The number of anilines is 1. The molecule has 0 spiro atoms. The van der Waals surface area contributed by atoms with Gasteiger partial charge in [-0.05, 0) is 39.3 Å². The highest BCUT2D eigenvalue weighted by Crippen LogP contribution is 2.24. The third kappa shape index (κ3) is 4.51. The Hall–Kier alpha value is -1.73. The van der Waals surface area contributed by atoms with Gasteiger partial charge in [-0.1, -0.05) is 0 Å². The Morgan fingerprint density at radius 2 is 1.96 bits per heavy atom. The molecule has 2 aliphatic heterocycles. The van der Waals surface area contributed by atoms with Crippen molar-refractivity contribution in [3.05, 3.63) is 17.6 Å². The Kier molecular flexibility index (Phi) is 6.09. The van der Waals surface area contributed by atoms with E-state index in [1.165, 1.54) is 6.42 Å². The molecule has 0 unspecified atom stereocenters. The van der Waals surface area contributed by atoms with Gasteiger partial charge in [-0.3, -0.25) is 9.69 Å². The molecule has 26 heavy (non-hydrogen) atoms. The summed E-state index contributed by atoms with van der Waals surface area (Å²) in [5.41, 5.74) is 1.07. The van der Waals surface area contributed by atoms with E-state index in [1.54, 1.807) is 6.92 Å². The van der Waals surface area contributed by atoms with Gasteiger partial charge in [-0.2, -0.15) is 0 Å². The SMILES string of the molecule is CC(=O)N1CCC(N(C)Cc2cc(N(C)C)nc([C@@H]3CCCN3)n2)CC1. The van der Waals surface area contributed by atoms with E-state index in [-0.39, 0.29) is 11.9 Å². The molecule has 1 atom stereocenters. The minimum absolute atomic E-state index is 0.186. The summed E-state index contributed by atoms with van der Waals surface area (Å²) >= 11 is 0. The molecule has 7 nitrogen and oxygen atoms in total. The number of aromatic nitrogens is 2. The summed E-state index contributed by atoms with van der Waals surface area (Å²) < 4.78 is 0. The van der Waals surface area contributed by atoms with Crippen molar-refractivity contribution in [3.8, 4) is 0 Å². The average molecular weight is 361 g/mol. The number of piperidine rings is 1. The van der Waals surface area contributed by atoms with Crippen LogP contribution < -0.4 is 10.2 Å². The predicted octanol–water partition coefficient (Wildman–Crippen LogP) is 1.41. The first-order chi connectivity index (χ1) is 12.4. The second-order valence-electron chi connectivity index (χ2n) is 7.77. The molecule has 1 N–H and O–H groups in total. The van der Waals surface area contributed by atoms with Crippen LogP contribution in [0.25, 0.3) is 0 Å². The zero-order chi connectivity index (χ0) is 18.7. The molecule has 7 heteroatoms. The molecule has 0 aromatic carbocycles. The lowest BCUT2D eigenvalue weighted by molar-refractivity contribution is -0.130. The van der Waals surface area contributed by atoms with Crippen molar-refractivity contribution in [2.75, 3.05) is 45.7 Å². The number of nitrogens with one attached hydrogen (secondary N) is 1. The molecule has 1 aromatic rings. The van der Waals surface area contributed by atoms with Crippen LogP contribution in [0.3, 0.4) is 0 Å². The molecular formula is C19H32N6O. The van der Waals surface area contributed by atoms with Gasteiger partial charge in [0, 0.05) is 52.8 Å². The maximum absolute atomic E-state index is 11.5. The van der Waals surface area contributed by atoms with Crippen molar-refractivity contribution < 1.29 is 4.79 Å². The molecule has 0 bridgehead atoms. The molecule has 2 saturated heterocycles. The largest absolute Gasteiger partial charge is 0.363 e. The molecule has 144 valence electrons. The second-order valence-corrected chi connectivity index (χ2v) is 7.77. The van der Waals surface area contributed by atoms with Gasteiger partial charge in [0.05, 0.1) is 11.7 Å². The number of hydrogen-bond donors (Lipinski definition) is 1. The third-order valence-corrected chi connectivity index (χ3v) is 5.56. The number of rotatable bonds is 5. The summed E-state index contributed by atoms with van der Waals surface area (Å²) in [6.45, 7) is 5.23. The molecular weight excluding hydrogens is 328 g/mol. The molecule has 3 rings (SSSR count). The smallest absolute Gasteiger partial charge is 0.219 e. The van der Waals surface area contributed by atoms with Gasteiger partial charge < -0.3 is 15.1 Å². The summed E-state index contributed by atoms with van der Waals surface area (Å²) in [6, 6.07) is 2.87. The van der Waals surface area contributed by atoms with E-state index in [0.717, 1.165) is 62.8 Å². The van der Waals surface area contributed by atoms with Gasteiger partial charge in [0.25, 0.3) is 0 Å². The van der Waals surface area contributed by atoms with Crippen molar-refractivity contribution >= 4 is 11.7 Å². The Balaban J connectivity index is 1.69. The fourth-order valence-corrected chi connectivity index (χ4v) is 3.88. The summed E-state index contributed by atoms with van der Waals surface area (Å²) in [6.07, 6.45) is 4.34. The summed E-state index contributed by atoms with van der Waals surface area (Å²) in [4.78, 5) is 27.5. The Bertz CT molecular complexity index is 620. The van der Waals surface area contributed by atoms with Crippen LogP contribution in [0.2, 0.25) is 0 Å². The molecule has 0 radical (unpaired) electrons. The second kappa shape index (κ2) is 8.31. The van der Waals surface area contributed by atoms with Crippen molar-refractivity contribution in [2.24, 2.45) is 0 Å². The monoisotopic (exact) mass is 360 g/mol. The van der Waals surface area contributed by atoms with E-state index < -0.39 is 0 Å². The molecule has 2 aliphatic rings. The fourth-order valence-electron chi connectivity index (χ4n) is 3.88. The summed E-state index contributed by atoms with van der Waals surface area (Å²) in [5.74, 6) is 2.08. The highest BCUT2D eigenvalue weighted by molar-refractivity contribution is 5.73. The Morgan fingerprint density at radius 1 is 1.23 bits per heavy atom. The van der Waals surface area contributed by atoms with Crippen LogP contribution in [0, 0.1) is 0 Å². The van der Waals surface area contributed by atoms with Crippen LogP contribution in [-0.4, -0.2) is 72.5 Å². The first-order valence-corrected chi connectivity index (χ1v) is 9.68. The zero-order valence-electron chi connectivity index (χ0n) is 16.5. The molecule has 2 fully saturated rings. The predicted molar refractivity (Wildman–Crippen MR) is 103 cm³/mol. The van der Waals surface area contributed by atoms with Gasteiger partial charge >= 0.3 is 0 Å². The van der Waals surface area contributed by atoms with E-state index >= 15 is 0 Å². The van der Waals surface area contributed by atoms with E-state index in [2.05, 4.69) is 28.2 Å². The standard InChI is InChI=1S/C19H32N6O/c1-14(26)25-10-7-16(8-11-25)24(4)13-15-12-18(23(2)3)22-19(21-15)17-6-5-9-20-17/h12,16-17,20H,5-11,13H2,1-4H3/t17-/m0/s1. The summed E-state index contributed by atoms with van der Waals surface area (Å²) in [7, 11) is 6.22. The maximum Gasteiger partial charge on any atom is 0.219 e. The molecule has 1 aromatic heterocycles. The average Bonchev–Trinajstić information content (AvgIpc) is 3.16. The van der Waals surface area contributed by atoms with E-state index in [4.69, 9.17) is 9.97 Å². The first kappa shape index (κ1) is 19.0. The minimum atomic E-state index is 0.186. The highest BCUT2D eigenvalue weighted by atomic mass is 16.2. The van der Waals surface area contributed by atoms with E-state index in [1.807, 2.05) is 19.0 Å². The van der Waals surface area contributed by atoms with Crippen LogP contribution in [-0.2, 0) is 11.3 Å². The molecule has 1 amide bonds. The van der Waals surface area contributed by atoms with Crippen LogP contribution in [0.15, 0.2) is 6.07 Å². The molecule has 3 heterocycles. The molecule has 0 saturated carbocycles. The molecule has 0 aliphatic carbocycles. The number of amides is 1. The van der Waals surface area contributed by atoms with Gasteiger partial charge in [0.15, 0.2) is 0 Å². The zero-order valence-corrected chi connectivity index (χ0v) is 16.5. The quantitative estimate of drug-likeness (QED) is 0.857.